The van der Waals surface area contributed by atoms with Crippen LogP contribution < -0.4 is 4.90 Å². The van der Waals surface area contributed by atoms with Crippen LogP contribution in [0.15, 0.2) is 76.3 Å². The van der Waals surface area contributed by atoms with E-state index < -0.39 is 6.23 Å². The summed E-state index contributed by atoms with van der Waals surface area (Å²) < 4.78 is 6.96. The number of fused-ring (bicyclic) bond motifs is 1. The van der Waals surface area contributed by atoms with E-state index in [2.05, 4.69) is 21.0 Å². The molecule has 152 valence electrons. The van der Waals surface area contributed by atoms with E-state index in [-0.39, 0.29) is 18.4 Å². The standard InChI is InChI=1S/C23H20BrN3O3/c1-15(28)26(21-9-5-7-17-6-3-4-8-20(17)21)14-22-27(16(2)29)25-23(30-22)18-10-12-19(24)13-11-18/h3-13,22H,14H2,1-2H3. The van der Waals surface area contributed by atoms with Crippen molar-refractivity contribution in [3.8, 4) is 0 Å². The molecule has 1 aliphatic rings. The van der Waals surface area contributed by atoms with Crippen LogP contribution in [0.1, 0.15) is 19.4 Å². The Morgan fingerprint density at radius 1 is 1.03 bits per heavy atom. The lowest BCUT2D eigenvalue weighted by Crippen LogP contribution is -2.44. The van der Waals surface area contributed by atoms with Crippen molar-refractivity contribution < 1.29 is 14.3 Å². The molecule has 0 bridgehead atoms. The summed E-state index contributed by atoms with van der Waals surface area (Å²) in [5, 5.41) is 7.64. The summed E-state index contributed by atoms with van der Waals surface area (Å²) in [6, 6.07) is 21.2. The lowest BCUT2D eigenvalue weighted by Gasteiger charge is -2.28. The summed E-state index contributed by atoms with van der Waals surface area (Å²) in [5.74, 6) is -0.0480. The fraction of sp³-hybridized carbons (Fsp3) is 0.174. The van der Waals surface area contributed by atoms with Crippen molar-refractivity contribution in [2.75, 3.05) is 11.4 Å². The summed E-state index contributed by atoms with van der Waals surface area (Å²) in [7, 11) is 0. The summed E-state index contributed by atoms with van der Waals surface area (Å²) in [6.07, 6.45) is -0.719. The molecule has 4 rings (SSSR count). The number of amides is 2. The van der Waals surface area contributed by atoms with Crippen molar-refractivity contribution in [2.24, 2.45) is 5.10 Å². The average Bonchev–Trinajstić information content (AvgIpc) is 3.16. The number of hydrazone groups is 1. The molecule has 3 aromatic carbocycles. The molecule has 1 aliphatic heterocycles. The topological polar surface area (TPSA) is 62.2 Å². The van der Waals surface area contributed by atoms with Gasteiger partial charge in [-0.3, -0.25) is 9.59 Å². The van der Waals surface area contributed by atoms with Gasteiger partial charge in [0, 0.05) is 29.3 Å². The Morgan fingerprint density at radius 3 is 2.43 bits per heavy atom. The van der Waals surface area contributed by atoms with Gasteiger partial charge in [-0.15, -0.1) is 5.10 Å². The average molecular weight is 466 g/mol. The van der Waals surface area contributed by atoms with Crippen LogP contribution in [0, 0.1) is 0 Å². The van der Waals surface area contributed by atoms with Gasteiger partial charge in [-0.25, -0.2) is 0 Å². The first-order chi connectivity index (χ1) is 14.4. The zero-order valence-electron chi connectivity index (χ0n) is 16.6. The minimum Gasteiger partial charge on any atom is -0.448 e. The molecule has 0 aromatic heterocycles. The number of hydrogen-bond donors (Lipinski definition) is 0. The van der Waals surface area contributed by atoms with Crippen molar-refractivity contribution in [2.45, 2.75) is 20.1 Å². The Balaban J connectivity index is 1.65. The molecule has 0 radical (unpaired) electrons. The van der Waals surface area contributed by atoms with Gasteiger partial charge in [0.05, 0.1) is 12.2 Å². The van der Waals surface area contributed by atoms with Crippen LogP contribution in [0.25, 0.3) is 10.8 Å². The highest BCUT2D eigenvalue weighted by molar-refractivity contribution is 9.10. The van der Waals surface area contributed by atoms with Gasteiger partial charge in [0.15, 0.2) is 0 Å². The molecule has 7 heteroatoms. The van der Waals surface area contributed by atoms with E-state index in [1.54, 1.807) is 4.90 Å². The third-order valence-electron chi connectivity index (χ3n) is 4.91. The highest BCUT2D eigenvalue weighted by atomic mass is 79.9. The van der Waals surface area contributed by atoms with Gasteiger partial charge >= 0.3 is 0 Å². The van der Waals surface area contributed by atoms with Gasteiger partial charge in [-0.05, 0) is 35.7 Å². The van der Waals surface area contributed by atoms with E-state index >= 15 is 0 Å². The predicted molar refractivity (Wildman–Crippen MR) is 120 cm³/mol. The predicted octanol–water partition coefficient (Wildman–Crippen LogP) is 4.52. The van der Waals surface area contributed by atoms with Crippen LogP contribution in [0.2, 0.25) is 0 Å². The van der Waals surface area contributed by atoms with Crippen molar-refractivity contribution in [1.29, 1.82) is 0 Å². The molecule has 1 heterocycles. The largest absolute Gasteiger partial charge is 0.448 e. The highest BCUT2D eigenvalue weighted by Crippen LogP contribution is 2.29. The van der Waals surface area contributed by atoms with E-state index in [9.17, 15) is 9.59 Å². The van der Waals surface area contributed by atoms with Crippen LogP contribution in [0.5, 0.6) is 0 Å². The molecule has 0 N–H and O–H groups in total. The first kappa shape index (κ1) is 20.1. The monoisotopic (exact) mass is 465 g/mol. The Morgan fingerprint density at radius 2 is 1.73 bits per heavy atom. The van der Waals surface area contributed by atoms with Gasteiger partial charge in [0.25, 0.3) is 0 Å². The summed E-state index contributed by atoms with van der Waals surface area (Å²) in [5.41, 5.74) is 1.52. The molecule has 0 fully saturated rings. The minimum atomic E-state index is -0.719. The van der Waals surface area contributed by atoms with Crippen molar-refractivity contribution in [3.05, 3.63) is 76.8 Å². The fourth-order valence-electron chi connectivity index (χ4n) is 3.47. The zero-order valence-corrected chi connectivity index (χ0v) is 18.2. The number of carbonyl (C=O) groups is 2. The lowest BCUT2D eigenvalue weighted by molar-refractivity contribution is -0.135. The number of ether oxygens (including phenoxy) is 1. The Bertz CT molecular complexity index is 1140. The number of hydrogen-bond acceptors (Lipinski definition) is 4. The fourth-order valence-corrected chi connectivity index (χ4v) is 3.73. The Labute approximate surface area is 182 Å². The normalized spacial score (nSPS) is 15.6. The molecule has 1 unspecified atom stereocenters. The maximum Gasteiger partial charge on any atom is 0.243 e. The Hall–Kier alpha value is -3.19. The highest BCUT2D eigenvalue weighted by Gasteiger charge is 2.34. The third kappa shape index (κ3) is 3.93. The van der Waals surface area contributed by atoms with E-state index in [1.165, 1.54) is 18.9 Å². The quantitative estimate of drug-likeness (QED) is 0.568. The maximum atomic E-state index is 12.6. The van der Waals surface area contributed by atoms with Crippen molar-refractivity contribution in [1.82, 2.24) is 5.01 Å². The smallest absolute Gasteiger partial charge is 0.243 e. The Kier molecular flexibility index (Phi) is 5.55. The first-order valence-electron chi connectivity index (χ1n) is 9.51. The second kappa shape index (κ2) is 8.28. The van der Waals surface area contributed by atoms with E-state index in [1.807, 2.05) is 66.7 Å². The molecule has 2 amide bonds. The molecule has 0 aliphatic carbocycles. The van der Waals surface area contributed by atoms with Gasteiger partial charge in [-0.2, -0.15) is 5.01 Å². The van der Waals surface area contributed by atoms with Gasteiger partial charge in [0.1, 0.15) is 0 Å². The van der Waals surface area contributed by atoms with E-state index in [4.69, 9.17) is 4.74 Å². The second-order valence-electron chi connectivity index (χ2n) is 6.98. The lowest BCUT2D eigenvalue weighted by atomic mass is 10.1. The SMILES string of the molecule is CC(=O)N(CC1OC(c2ccc(Br)cc2)=NN1C(C)=O)c1cccc2ccccc12. The van der Waals surface area contributed by atoms with Crippen LogP contribution in [0.3, 0.4) is 0 Å². The molecule has 0 spiro atoms. The number of rotatable bonds is 4. The molecular formula is C23H20BrN3O3. The number of halogens is 1. The maximum absolute atomic E-state index is 12.6. The molecule has 1 atom stereocenters. The summed E-state index contributed by atoms with van der Waals surface area (Å²) >= 11 is 3.41. The van der Waals surface area contributed by atoms with Gasteiger partial charge in [0.2, 0.25) is 23.9 Å². The number of nitrogens with zero attached hydrogens (tertiary/aromatic N) is 3. The van der Waals surface area contributed by atoms with Crippen molar-refractivity contribution in [3.63, 3.8) is 0 Å². The number of anilines is 1. The molecule has 0 saturated heterocycles. The van der Waals surface area contributed by atoms with E-state index in [0.717, 1.165) is 26.5 Å². The molecule has 0 saturated carbocycles. The van der Waals surface area contributed by atoms with Gasteiger partial charge < -0.3 is 9.64 Å². The molecule has 30 heavy (non-hydrogen) atoms. The van der Waals surface area contributed by atoms with Crippen LogP contribution >= 0.6 is 15.9 Å². The van der Waals surface area contributed by atoms with E-state index in [0.29, 0.717) is 5.90 Å². The zero-order chi connectivity index (χ0) is 21.3. The van der Waals surface area contributed by atoms with Crippen LogP contribution in [-0.2, 0) is 14.3 Å². The summed E-state index contributed by atoms with van der Waals surface area (Å²) in [6.45, 7) is 3.10. The first-order valence-corrected chi connectivity index (χ1v) is 10.3. The number of carbonyl (C=O) groups excluding carboxylic acids is 2. The second-order valence-corrected chi connectivity index (χ2v) is 7.89. The van der Waals surface area contributed by atoms with Gasteiger partial charge in [-0.1, -0.05) is 52.3 Å². The summed E-state index contributed by atoms with van der Waals surface area (Å²) in [4.78, 5) is 26.4. The van der Waals surface area contributed by atoms with Crippen LogP contribution in [-0.4, -0.2) is 35.5 Å². The van der Waals surface area contributed by atoms with Crippen LogP contribution in [0.4, 0.5) is 5.69 Å². The van der Waals surface area contributed by atoms with Crippen molar-refractivity contribution >= 4 is 50.1 Å². The molecule has 6 nitrogen and oxygen atoms in total. The minimum absolute atomic E-state index is 0.143. The molecule has 3 aromatic rings. The number of benzene rings is 3. The molecular weight excluding hydrogens is 446 g/mol. The third-order valence-corrected chi connectivity index (χ3v) is 5.44.